The molecule has 0 heterocycles. The first kappa shape index (κ1) is 24.2. The van der Waals surface area contributed by atoms with Crippen molar-refractivity contribution in [1.29, 1.82) is 0 Å². The van der Waals surface area contributed by atoms with E-state index in [4.69, 9.17) is 16.3 Å². The fourth-order valence-electron chi connectivity index (χ4n) is 2.74. The highest BCUT2D eigenvalue weighted by molar-refractivity contribution is 7.92. The monoisotopic (exact) mass is 490 g/mol. The summed E-state index contributed by atoms with van der Waals surface area (Å²) in [4.78, 5) is 24.6. The molecule has 0 aliphatic carbocycles. The molecule has 0 saturated carbocycles. The number of aryl methyl sites for hydroxylation is 1. The second kappa shape index (κ2) is 10.0. The van der Waals surface area contributed by atoms with Gasteiger partial charge in [-0.3, -0.25) is 9.52 Å². The van der Waals surface area contributed by atoms with Gasteiger partial charge in [0.2, 0.25) is 0 Å². The Morgan fingerprint density at radius 2 is 1.76 bits per heavy atom. The van der Waals surface area contributed by atoms with Crippen LogP contribution in [0.4, 0.5) is 15.8 Å². The van der Waals surface area contributed by atoms with Crippen LogP contribution in [-0.4, -0.2) is 26.4 Å². The second-order valence-corrected chi connectivity index (χ2v) is 9.20. The third-order valence-electron chi connectivity index (χ3n) is 4.59. The molecular formula is C23H20ClFN2O5S. The predicted molar refractivity (Wildman–Crippen MR) is 123 cm³/mol. The smallest absolute Gasteiger partial charge is 0.338 e. The van der Waals surface area contributed by atoms with E-state index in [1.54, 1.807) is 24.3 Å². The minimum Gasteiger partial charge on any atom is -0.449 e. The average Bonchev–Trinajstić information content (AvgIpc) is 2.77. The van der Waals surface area contributed by atoms with E-state index in [-0.39, 0.29) is 16.1 Å². The van der Waals surface area contributed by atoms with Gasteiger partial charge in [-0.25, -0.2) is 17.6 Å². The topological polar surface area (TPSA) is 102 Å². The third kappa shape index (κ3) is 6.09. The molecule has 0 fully saturated rings. The number of sulfonamides is 1. The standard InChI is InChI=1S/C23H20ClFN2O5S/c1-14-10-11-18(13-20(14)25)33(30,31)27-17-7-5-6-16(12-17)23(29)32-15(2)22(28)26-21-9-4-3-8-19(21)24/h3-13,15,27H,1-2H3,(H,26,28). The molecule has 33 heavy (non-hydrogen) atoms. The summed E-state index contributed by atoms with van der Waals surface area (Å²) in [5, 5.41) is 2.90. The minimum absolute atomic E-state index is 0.0164. The minimum atomic E-state index is -4.09. The van der Waals surface area contributed by atoms with Crippen molar-refractivity contribution in [3.63, 3.8) is 0 Å². The molecule has 3 aromatic rings. The van der Waals surface area contributed by atoms with Crippen molar-refractivity contribution in [3.05, 3.63) is 88.7 Å². The van der Waals surface area contributed by atoms with Gasteiger partial charge in [0, 0.05) is 5.69 Å². The number of ether oxygens (including phenoxy) is 1. The number of carbonyl (C=O) groups excluding carboxylic acids is 2. The van der Waals surface area contributed by atoms with Gasteiger partial charge < -0.3 is 10.1 Å². The van der Waals surface area contributed by atoms with Gasteiger partial charge in [0.05, 0.1) is 21.2 Å². The molecule has 1 amide bonds. The lowest BCUT2D eigenvalue weighted by Gasteiger charge is -2.15. The largest absolute Gasteiger partial charge is 0.449 e. The van der Waals surface area contributed by atoms with Gasteiger partial charge in [-0.15, -0.1) is 0 Å². The molecule has 0 aliphatic rings. The molecule has 10 heteroatoms. The summed E-state index contributed by atoms with van der Waals surface area (Å²) in [7, 11) is -4.09. The Balaban J connectivity index is 1.69. The second-order valence-electron chi connectivity index (χ2n) is 7.11. The molecule has 0 spiro atoms. The van der Waals surface area contributed by atoms with Crippen LogP contribution < -0.4 is 10.0 Å². The molecule has 0 radical (unpaired) electrons. The maximum Gasteiger partial charge on any atom is 0.338 e. The molecule has 172 valence electrons. The number of anilines is 2. The molecule has 0 aliphatic heterocycles. The van der Waals surface area contributed by atoms with Crippen LogP contribution in [0.25, 0.3) is 0 Å². The van der Waals surface area contributed by atoms with Crippen molar-refractivity contribution >= 4 is 44.9 Å². The van der Waals surface area contributed by atoms with Crippen LogP contribution in [0.15, 0.2) is 71.6 Å². The lowest BCUT2D eigenvalue weighted by molar-refractivity contribution is -0.123. The Kier molecular flexibility index (Phi) is 7.35. The SMILES string of the molecule is Cc1ccc(S(=O)(=O)Nc2cccc(C(=O)OC(C)C(=O)Nc3ccccc3Cl)c2)cc1F. The summed E-state index contributed by atoms with van der Waals surface area (Å²) >= 11 is 6.01. The summed E-state index contributed by atoms with van der Waals surface area (Å²) in [5.41, 5.74) is 0.767. The van der Waals surface area contributed by atoms with Crippen LogP contribution >= 0.6 is 11.6 Å². The van der Waals surface area contributed by atoms with Crippen LogP contribution in [0.1, 0.15) is 22.8 Å². The van der Waals surface area contributed by atoms with E-state index in [1.165, 1.54) is 50.2 Å². The zero-order chi connectivity index (χ0) is 24.2. The Bertz CT molecular complexity index is 1310. The normalized spacial score (nSPS) is 12.0. The Morgan fingerprint density at radius 3 is 2.45 bits per heavy atom. The quantitative estimate of drug-likeness (QED) is 0.464. The summed E-state index contributed by atoms with van der Waals surface area (Å²) in [6.07, 6.45) is -1.15. The fraction of sp³-hybridized carbons (Fsp3) is 0.130. The zero-order valence-electron chi connectivity index (χ0n) is 17.6. The molecule has 0 saturated heterocycles. The van der Waals surface area contributed by atoms with Crippen molar-refractivity contribution in [2.24, 2.45) is 0 Å². The van der Waals surface area contributed by atoms with Gasteiger partial charge in [-0.1, -0.05) is 35.9 Å². The number of carbonyl (C=O) groups is 2. The van der Waals surface area contributed by atoms with E-state index in [9.17, 15) is 22.4 Å². The molecule has 3 aromatic carbocycles. The first-order valence-electron chi connectivity index (χ1n) is 9.72. The van der Waals surface area contributed by atoms with Gasteiger partial charge in [-0.2, -0.15) is 0 Å². The zero-order valence-corrected chi connectivity index (χ0v) is 19.2. The lowest BCUT2D eigenvalue weighted by atomic mass is 10.2. The third-order valence-corrected chi connectivity index (χ3v) is 6.30. The average molecular weight is 491 g/mol. The van der Waals surface area contributed by atoms with E-state index in [2.05, 4.69) is 10.0 Å². The van der Waals surface area contributed by atoms with Gasteiger partial charge in [-0.05, 0) is 61.9 Å². The van der Waals surface area contributed by atoms with E-state index in [0.29, 0.717) is 16.3 Å². The number of para-hydroxylation sites is 1. The molecule has 0 bridgehead atoms. The Hall–Kier alpha value is -3.43. The number of amides is 1. The first-order chi connectivity index (χ1) is 15.6. The summed E-state index contributed by atoms with van der Waals surface area (Å²) in [6.45, 7) is 2.91. The number of hydrogen-bond acceptors (Lipinski definition) is 5. The van der Waals surface area contributed by atoms with E-state index < -0.39 is 33.8 Å². The predicted octanol–water partition coefficient (Wildman–Crippen LogP) is 4.77. The van der Waals surface area contributed by atoms with E-state index in [0.717, 1.165) is 6.07 Å². The van der Waals surface area contributed by atoms with Crippen LogP contribution in [0.5, 0.6) is 0 Å². The van der Waals surface area contributed by atoms with E-state index >= 15 is 0 Å². The van der Waals surface area contributed by atoms with Crippen molar-refractivity contribution < 1.29 is 27.1 Å². The van der Waals surface area contributed by atoms with Gasteiger partial charge in [0.25, 0.3) is 15.9 Å². The van der Waals surface area contributed by atoms with Crippen LogP contribution in [0, 0.1) is 12.7 Å². The lowest BCUT2D eigenvalue weighted by Crippen LogP contribution is -2.30. The van der Waals surface area contributed by atoms with Crippen molar-refractivity contribution in [1.82, 2.24) is 0 Å². The molecule has 1 unspecified atom stereocenters. The van der Waals surface area contributed by atoms with Crippen LogP contribution in [-0.2, 0) is 19.6 Å². The van der Waals surface area contributed by atoms with Crippen molar-refractivity contribution in [2.45, 2.75) is 24.8 Å². The number of nitrogens with one attached hydrogen (secondary N) is 2. The molecule has 7 nitrogen and oxygen atoms in total. The highest BCUT2D eigenvalue weighted by atomic mass is 35.5. The Labute approximate surface area is 195 Å². The van der Waals surface area contributed by atoms with Gasteiger partial charge in [0.15, 0.2) is 6.10 Å². The van der Waals surface area contributed by atoms with Crippen molar-refractivity contribution in [3.8, 4) is 0 Å². The van der Waals surface area contributed by atoms with Crippen LogP contribution in [0.3, 0.4) is 0 Å². The maximum atomic E-state index is 13.8. The number of halogens is 2. The number of rotatable bonds is 7. The first-order valence-corrected chi connectivity index (χ1v) is 11.6. The number of benzene rings is 3. The molecule has 0 aromatic heterocycles. The number of esters is 1. The highest BCUT2D eigenvalue weighted by Crippen LogP contribution is 2.22. The molecule has 3 rings (SSSR count). The summed E-state index contributed by atoms with van der Waals surface area (Å²) < 4.78 is 46.4. The van der Waals surface area contributed by atoms with Gasteiger partial charge in [0.1, 0.15) is 5.82 Å². The number of hydrogen-bond donors (Lipinski definition) is 2. The van der Waals surface area contributed by atoms with Gasteiger partial charge >= 0.3 is 5.97 Å². The summed E-state index contributed by atoms with van der Waals surface area (Å²) in [6, 6.07) is 15.7. The molecular weight excluding hydrogens is 471 g/mol. The fourth-order valence-corrected chi connectivity index (χ4v) is 3.99. The van der Waals surface area contributed by atoms with E-state index in [1.807, 2.05) is 0 Å². The highest BCUT2D eigenvalue weighted by Gasteiger charge is 2.21. The maximum absolute atomic E-state index is 13.8. The Morgan fingerprint density at radius 1 is 1.03 bits per heavy atom. The summed E-state index contributed by atoms with van der Waals surface area (Å²) in [5.74, 6) is -2.08. The van der Waals surface area contributed by atoms with Crippen LogP contribution in [0.2, 0.25) is 5.02 Å². The van der Waals surface area contributed by atoms with Crippen molar-refractivity contribution in [2.75, 3.05) is 10.0 Å². The molecule has 2 N–H and O–H groups in total. The molecule has 1 atom stereocenters.